The van der Waals surface area contributed by atoms with E-state index in [0.717, 1.165) is 0 Å². The molecule has 0 saturated heterocycles. The summed E-state index contributed by atoms with van der Waals surface area (Å²) in [6.07, 6.45) is -1.70. The first-order valence-electron chi connectivity index (χ1n) is 8.81. The lowest BCUT2D eigenvalue weighted by molar-refractivity contribution is -0.192. The Labute approximate surface area is 173 Å². The molecule has 0 radical (unpaired) electrons. The van der Waals surface area contributed by atoms with E-state index in [2.05, 4.69) is 15.4 Å². The summed E-state index contributed by atoms with van der Waals surface area (Å²) in [6.45, 7) is 2.65. The Bertz CT molecular complexity index is 1040. The fourth-order valence-corrected chi connectivity index (χ4v) is 2.45. The fraction of sp³-hybridized carbons (Fsp3) is 0.278. The number of hydrogen-bond donors (Lipinski definition) is 4. The lowest BCUT2D eigenvalue weighted by Crippen LogP contribution is -2.21. The predicted molar refractivity (Wildman–Crippen MR) is 104 cm³/mol. The van der Waals surface area contributed by atoms with Crippen LogP contribution in [-0.4, -0.2) is 45.0 Å². The quantitative estimate of drug-likeness (QED) is 0.425. The van der Waals surface area contributed by atoms with Crippen molar-refractivity contribution in [3.63, 3.8) is 0 Å². The van der Waals surface area contributed by atoms with E-state index in [4.69, 9.17) is 26.1 Å². The molecule has 1 atom stereocenters. The minimum Gasteiger partial charge on any atom is -0.492 e. The van der Waals surface area contributed by atoms with Crippen LogP contribution in [0.5, 0.6) is 5.75 Å². The van der Waals surface area contributed by atoms with Crippen molar-refractivity contribution in [1.29, 1.82) is 0 Å². The molecular formula is C18H20F4N6O3. The number of benzene rings is 1. The number of alkyl halides is 3. The minimum absolute atomic E-state index is 0.232. The summed E-state index contributed by atoms with van der Waals surface area (Å²) in [5.41, 5.74) is 13.2. The van der Waals surface area contributed by atoms with Crippen molar-refractivity contribution in [3.8, 4) is 5.75 Å². The maximum atomic E-state index is 13.7. The molecule has 6 N–H and O–H groups in total. The molecule has 0 aliphatic carbocycles. The third kappa shape index (κ3) is 6.44. The molecule has 2 heterocycles. The van der Waals surface area contributed by atoms with Crippen molar-refractivity contribution in [1.82, 2.24) is 14.6 Å². The van der Waals surface area contributed by atoms with Crippen LogP contribution in [0.4, 0.5) is 29.1 Å². The van der Waals surface area contributed by atoms with Crippen LogP contribution < -0.4 is 21.5 Å². The van der Waals surface area contributed by atoms with Gasteiger partial charge in [0.25, 0.3) is 0 Å². The molecule has 31 heavy (non-hydrogen) atoms. The number of nitrogen functional groups attached to an aromatic ring is 1. The molecule has 13 heteroatoms. The van der Waals surface area contributed by atoms with Crippen LogP contribution >= 0.6 is 0 Å². The van der Waals surface area contributed by atoms with Gasteiger partial charge in [-0.3, -0.25) is 0 Å². The molecule has 168 valence electrons. The average molecular weight is 444 g/mol. The zero-order valence-corrected chi connectivity index (χ0v) is 16.2. The number of carboxylic acids is 1. The Morgan fingerprint density at radius 1 is 1.35 bits per heavy atom. The van der Waals surface area contributed by atoms with Crippen LogP contribution in [-0.2, 0) is 4.79 Å². The molecule has 0 fully saturated rings. The average Bonchev–Trinajstić information content (AvgIpc) is 3.08. The van der Waals surface area contributed by atoms with Crippen LogP contribution in [0, 0.1) is 5.82 Å². The first-order chi connectivity index (χ1) is 14.5. The molecule has 0 bridgehead atoms. The van der Waals surface area contributed by atoms with Gasteiger partial charge in [0.2, 0.25) is 0 Å². The number of nitrogens with two attached hydrogens (primary N) is 2. The van der Waals surface area contributed by atoms with Gasteiger partial charge in [0.1, 0.15) is 29.7 Å². The summed E-state index contributed by atoms with van der Waals surface area (Å²) in [7, 11) is 0. The monoisotopic (exact) mass is 444 g/mol. The second-order valence-corrected chi connectivity index (χ2v) is 6.17. The van der Waals surface area contributed by atoms with Crippen LogP contribution in [0.25, 0.3) is 5.65 Å². The Morgan fingerprint density at radius 2 is 2.03 bits per heavy atom. The fourth-order valence-electron chi connectivity index (χ4n) is 2.45. The van der Waals surface area contributed by atoms with Crippen LogP contribution in [0.2, 0.25) is 0 Å². The molecule has 2 aromatic heterocycles. The molecule has 3 aromatic rings. The van der Waals surface area contributed by atoms with Gasteiger partial charge in [0.05, 0.1) is 12.2 Å². The molecular weight excluding hydrogens is 424 g/mol. The smallest absolute Gasteiger partial charge is 0.490 e. The largest absolute Gasteiger partial charge is 0.492 e. The van der Waals surface area contributed by atoms with E-state index in [1.807, 2.05) is 6.92 Å². The summed E-state index contributed by atoms with van der Waals surface area (Å²) in [5, 5.41) is 14.6. The summed E-state index contributed by atoms with van der Waals surface area (Å²) >= 11 is 0. The van der Waals surface area contributed by atoms with Gasteiger partial charge in [-0.1, -0.05) is 0 Å². The van der Waals surface area contributed by atoms with Crippen molar-refractivity contribution in [2.45, 2.75) is 19.1 Å². The molecule has 1 unspecified atom stereocenters. The second-order valence-electron chi connectivity index (χ2n) is 6.17. The number of fused-ring (bicyclic) bond motifs is 1. The highest BCUT2D eigenvalue weighted by Crippen LogP contribution is 2.30. The maximum Gasteiger partial charge on any atom is 0.490 e. The zero-order valence-electron chi connectivity index (χ0n) is 16.2. The number of rotatable bonds is 6. The Kier molecular flexibility index (Phi) is 7.58. The van der Waals surface area contributed by atoms with Crippen molar-refractivity contribution in [2.75, 3.05) is 24.2 Å². The van der Waals surface area contributed by atoms with Crippen LogP contribution in [0.1, 0.15) is 18.5 Å². The number of carbonyl (C=O) groups is 1. The summed E-state index contributed by atoms with van der Waals surface area (Å²) < 4.78 is 52.6. The Morgan fingerprint density at radius 3 is 2.65 bits per heavy atom. The number of aromatic nitrogens is 3. The standard InChI is InChI=1S/C16H19FN6O.C2HF3O2/c1-10(12-8-11(17)2-3-14(12)24-7-5-18)21-13-9-20-23-6-4-15(19)22-16(13)23;3-2(4,5)1(6)7/h2-4,6,8-10,21H,5,7,18H2,1H3,(H2,19,22);(H,6,7). The van der Waals surface area contributed by atoms with Crippen LogP contribution in [0.3, 0.4) is 0 Å². The summed E-state index contributed by atoms with van der Waals surface area (Å²) in [4.78, 5) is 13.2. The van der Waals surface area contributed by atoms with Gasteiger partial charge in [-0.25, -0.2) is 18.7 Å². The van der Waals surface area contributed by atoms with Gasteiger partial charge in [0, 0.05) is 18.3 Å². The number of ether oxygens (including phenoxy) is 1. The molecule has 0 amide bonds. The molecule has 3 rings (SSSR count). The number of aliphatic carboxylic acids is 1. The number of hydrogen-bond acceptors (Lipinski definition) is 7. The van der Waals surface area contributed by atoms with Crippen molar-refractivity contribution < 1.29 is 32.2 Å². The van der Waals surface area contributed by atoms with E-state index in [-0.39, 0.29) is 11.9 Å². The van der Waals surface area contributed by atoms with Crippen molar-refractivity contribution in [2.24, 2.45) is 5.73 Å². The number of halogens is 4. The van der Waals surface area contributed by atoms with E-state index in [1.165, 1.54) is 12.1 Å². The van der Waals surface area contributed by atoms with E-state index in [1.54, 1.807) is 29.0 Å². The molecule has 0 spiro atoms. The zero-order chi connectivity index (χ0) is 23.2. The first kappa shape index (κ1) is 23.7. The number of nitrogens with zero attached hydrogens (tertiary/aromatic N) is 3. The molecule has 0 aliphatic heterocycles. The Hall–Kier alpha value is -3.61. The lowest BCUT2D eigenvalue weighted by Gasteiger charge is -2.18. The van der Waals surface area contributed by atoms with Gasteiger partial charge in [0.15, 0.2) is 5.65 Å². The number of anilines is 2. The first-order valence-corrected chi connectivity index (χ1v) is 8.81. The maximum absolute atomic E-state index is 13.7. The van der Waals surface area contributed by atoms with E-state index >= 15 is 0 Å². The summed E-state index contributed by atoms with van der Waals surface area (Å²) in [5.74, 6) is -2.10. The highest BCUT2D eigenvalue weighted by Gasteiger charge is 2.38. The lowest BCUT2D eigenvalue weighted by atomic mass is 10.1. The van der Waals surface area contributed by atoms with E-state index in [0.29, 0.717) is 41.6 Å². The normalized spacial score (nSPS) is 12.1. The van der Waals surface area contributed by atoms with Crippen LogP contribution in [0.15, 0.2) is 36.7 Å². The predicted octanol–water partition coefficient (Wildman–Crippen LogP) is 2.59. The molecule has 0 aliphatic rings. The SMILES string of the molecule is CC(Nc1cnn2ccc(N)nc12)c1cc(F)ccc1OCCN.O=C(O)C(F)(F)F. The van der Waals surface area contributed by atoms with Gasteiger partial charge in [-0.15, -0.1) is 0 Å². The molecule has 1 aromatic carbocycles. The highest BCUT2D eigenvalue weighted by molar-refractivity contribution is 5.73. The number of carboxylic acid groups (broad SMARTS) is 1. The third-order valence-electron chi connectivity index (χ3n) is 3.82. The van der Waals surface area contributed by atoms with Gasteiger partial charge >= 0.3 is 12.1 Å². The molecule has 0 saturated carbocycles. The third-order valence-corrected chi connectivity index (χ3v) is 3.82. The van der Waals surface area contributed by atoms with E-state index in [9.17, 15) is 17.6 Å². The molecule has 9 nitrogen and oxygen atoms in total. The van der Waals surface area contributed by atoms with Gasteiger partial charge in [-0.05, 0) is 31.2 Å². The van der Waals surface area contributed by atoms with Gasteiger partial charge in [-0.2, -0.15) is 18.3 Å². The highest BCUT2D eigenvalue weighted by atomic mass is 19.4. The van der Waals surface area contributed by atoms with Crippen molar-refractivity contribution in [3.05, 3.63) is 48.0 Å². The summed E-state index contributed by atoms with van der Waals surface area (Å²) in [6, 6.07) is 5.84. The Balaban J connectivity index is 0.000000423. The van der Waals surface area contributed by atoms with E-state index < -0.39 is 12.1 Å². The second kappa shape index (κ2) is 9.93. The number of nitrogens with one attached hydrogen (secondary N) is 1. The minimum atomic E-state index is -5.08. The van der Waals surface area contributed by atoms with Gasteiger partial charge < -0.3 is 26.6 Å². The topological polar surface area (TPSA) is 141 Å². The van der Waals surface area contributed by atoms with Crippen molar-refractivity contribution >= 4 is 23.1 Å².